The van der Waals surface area contributed by atoms with Crippen LogP contribution in [0.2, 0.25) is 5.02 Å². The molecule has 0 radical (unpaired) electrons. The first-order chi connectivity index (χ1) is 11.4. The van der Waals surface area contributed by atoms with Gasteiger partial charge in [0.05, 0.1) is 29.9 Å². The number of nitrogens with one attached hydrogen (secondary N) is 1. The fourth-order valence-electron chi connectivity index (χ4n) is 2.09. The van der Waals surface area contributed by atoms with Gasteiger partial charge >= 0.3 is 5.97 Å². The Kier molecular flexibility index (Phi) is 5.10. The third-order valence-corrected chi connectivity index (χ3v) is 3.53. The van der Waals surface area contributed by atoms with Crippen molar-refractivity contribution in [2.45, 2.75) is 0 Å². The molecule has 0 atom stereocenters. The van der Waals surface area contributed by atoms with Gasteiger partial charge in [-0.25, -0.2) is 4.79 Å². The van der Waals surface area contributed by atoms with E-state index < -0.39 is 22.1 Å². The number of nitro benzene ring substituents is 1. The Bertz CT molecular complexity index is 809. The number of hydrogen-bond donors (Lipinski definition) is 2. The highest BCUT2D eigenvalue weighted by atomic mass is 35.5. The highest BCUT2D eigenvalue weighted by molar-refractivity contribution is 6.34. The molecule has 2 aromatic rings. The Morgan fingerprint density at radius 1 is 1.25 bits per heavy atom. The first kappa shape index (κ1) is 17.4. The van der Waals surface area contributed by atoms with E-state index in [4.69, 9.17) is 21.1 Å². The summed E-state index contributed by atoms with van der Waals surface area (Å²) in [6.45, 7) is 0. The molecule has 0 aromatic heterocycles. The summed E-state index contributed by atoms with van der Waals surface area (Å²) < 4.78 is 10.3. The van der Waals surface area contributed by atoms with Crippen molar-refractivity contribution >= 4 is 34.6 Å². The molecule has 126 valence electrons. The predicted octanol–water partition coefficient (Wildman–Crippen LogP) is 3.71. The fraction of sp³-hybridized carbons (Fsp3) is 0.133. The minimum atomic E-state index is -1.39. The summed E-state index contributed by atoms with van der Waals surface area (Å²) in [5, 5.41) is 23.2. The molecule has 2 rings (SSSR count). The molecule has 8 nitrogen and oxygen atoms in total. The molecule has 2 aromatic carbocycles. The van der Waals surface area contributed by atoms with E-state index in [9.17, 15) is 20.0 Å². The van der Waals surface area contributed by atoms with Crippen molar-refractivity contribution in [3.05, 3.63) is 51.0 Å². The molecule has 24 heavy (non-hydrogen) atoms. The van der Waals surface area contributed by atoms with E-state index in [-0.39, 0.29) is 10.7 Å². The number of nitrogens with zero attached hydrogens (tertiary/aromatic N) is 1. The number of benzene rings is 2. The Morgan fingerprint density at radius 3 is 2.50 bits per heavy atom. The van der Waals surface area contributed by atoms with Crippen LogP contribution < -0.4 is 14.8 Å². The fourth-order valence-corrected chi connectivity index (χ4v) is 2.33. The maximum atomic E-state index is 11.5. The van der Waals surface area contributed by atoms with Gasteiger partial charge in [-0.3, -0.25) is 10.1 Å². The average molecular weight is 353 g/mol. The van der Waals surface area contributed by atoms with Gasteiger partial charge in [-0.05, 0) is 18.2 Å². The number of nitro groups is 1. The summed E-state index contributed by atoms with van der Waals surface area (Å²) >= 11 is 5.89. The maximum Gasteiger partial charge on any atom is 0.339 e. The third kappa shape index (κ3) is 3.33. The molecule has 0 aliphatic rings. The molecular weight excluding hydrogens is 340 g/mol. The van der Waals surface area contributed by atoms with Crippen LogP contribution in [-0.2, 0) is 0 Å². The summed E-state index contributed by atoms with van der Waals surface area (Å²) in [6, 6.07) is 7.00. The van der Waals surface area contributed by atoms with Gasteiger partial charge in [-0.15, -0.1) is 0 Å². The lowest BCUT2D eigenvalue weighted by Gasteiger charge is -2.15. The summed E-state index contributed by atoms with van der Waals surface area (Å²) in [5.74, 6) is -0.560. The van der Waals surface area contributed by atoms with Crippen molar-refractivity contribution in [3.63, 3.8) is 0 Å². The van der Waals surface area contributed by atoms with Gasteiger partial charge < -0.3 is 19.9 Å². The normalized spacial score (nSPS) is 10.1. The standard InChI is InChI=1S/C15H13ClN2O6/c1-23-8-3-5-10(12(7-8)24-2)17-14-11(18(21)22)6-4-9(16)13(14)15(19)20/h3-7,17H,1-2H3,(H,19,20). The first-order valence-corrected chi connectivity index (χ1v) is 6.96. The summed E-state index contributed by atoms with van der Waals surface area (Å²) in [4.78, 5) is 22.0. The number of hydrogen-bond acceptors (Lipinski definition) is 6. The van der Waals surface area contributed by atoms with Gasteiger partial charge in [-0.2, -0.15) is 0 Å². The second kappa shape index (κ2) is 7.05. The van der Waals surface area contributed by atoms with Crippen molar-refractivity contribution in [2.75, 3.05) is 19.5 Å². The highest BCUT2D eigenvalue weighted by Gasteiger charge is 2.25. The molecule has 0 saturated heterocycles. The average Bonchev–Trinajstić information content (AvgIpc) is 2.54. The van der Waals surface area contributed by atoms with Crippen molar-refractivity contribution in [1.82, 2.24) is 0 Å². The quantitative estimate of drug-likeness (QED) is 0.602. The largest absolute Gasteiger partial charge is 0.497 e. The van der Waals surface area contributed by atoms with Crippen molar-refractivity contribution < 1.29 is 24.3 Å². The minimum absolute atomic E-state index is 0.122. The predicted molar refractivity (Wildman–Crippen MR) is 87.9 cm³/mol. The molecule has 0 spiro atoms. The molecule has 0 heterocycles. The van der Waals surface area contributed by atoms with Gasteiger partial charge in [0.25, 0.3) is 5.69 Å². The van der Waals surface area contributed by atoms with E-state index in [1.807, 2.05) is 0 Å². The third-order valence-electron chi connectivity index (χ3n) is 3.21. The Morgan fingerprint density at radius 2 is 1.96 bits per heavy atom. The molecule has 0 unspecified atom stereocenters. The van der Waals surface area contributed by atoms with E-state index >= 15 is 0 Å². The Balaban J connectivity index is 2.62. The Labute approximate surface area is 141 Å². The number of anilines is 2. The van der Waals surface area contributed by atoms with E-state index in [1.165, 1.54) is 20.3 Å². The van der Waals surface area contributed by atoms with Gasteiger partial charge in [0.1, 0.15) is 22.7 Å². The second-order valence-electron chi connectivity index (χ2n) is 4.57. The van der Waals surface area contributed by atoms with Crippen LogP contribution in [0.3, 0.4) is 0 Å². The van der Waals surface area contributed by atoms with E-state index in [2.05, 4.69) is 5.32 Å². The number of halogens is 1. The molecule has 0 bridgehead atoms. The molecule has 0 aliphatic carbocycles. The zero-order valence-corrected chi connectivity index (χ0v) is 13.5. The number of ether oxygens (including phenoxy) is 2. The van der Waals surface area contributed by atoms with E-state index in [0.29, 0.717) is 17.2 Å². The summed E-state index contributed by atoms with van der Waals surface area (Å²) in [6.07, 6.45) is 0. The molecule has 0 amide bonds. The number of carboxylic acid groups (broad SMARTS) is 1. The van der Waals surface area contributed by atoms with Gasteiger partial charge in [0.15, 0.2) is 0 Å². The van der Waals surface area contributed by atoms with E-state index in [0.717, 1.165) is 6.07 Å². The number of carboxylic acids is 1. The Hall–Kier alpha value is -3.00. The molecule has 0 saturated carbocycles. The molecular formula is C15H13ClN2O6. The number of rotatable bonds is 6. The number of aromatic carboxylic acids is 1. The van der Waals surface area contributed by atoms with E-state index in [1.54, 1.807) is 18.2 Å². The molecule has 0 aliphatic heterocycles. The summed E-state index contributed by atoms with van der Waals surface area (Å²) in [7, 11) is 2.89. The smallest absolute Gasteiger partial charge is 0.339 e. The van der Waals surface area contributed by atoms with Gasteiger partial charge in [0.2, 0.25) is 0 Å². The van der Waals surface area contributed by atoms with Crippen LogP contribution in [0.5, 0.6) is 11.5 Å². The van der Waals surface area contributed by atoms with Gasteiger partial charge in [-0.1, -0.05) is 11.6 Å². The van der Waals surface area contributed by atoms with Crippen LogP contribution in [0, 0.1) is 10.1 Å². The first-order valence-electron chi connectivity index (χ1n) is 6.58. The summed E-state index contributed by atoms with van der Waals surface area (Å²) in [5.41, 5.74) is -0.729. The van der Waals surface area contributed by atoms with Crippen LogP contribution in [0.4, 0.5) is 17.1 Å². The molecule has 0 fully saturated rings. The van der Waals surface area contributed by atoms with Gasteiger partial charge in [0, 0.05) is 12.1 Å². The SMILES string of the molecule is COc1ccc(Nc2c([N+](=O)[O-])ccc(Cl)c2C(=O)O)c(OC)c1. The van der Waals surface area contributed by atoms with Crippen LogP contribution in [0.15, 0.2) is 30.3 Å². The zero-order valence-electron chi connectivity index (χ0n) is 12.7. The highest BCUT2D eigenvalue weighted by Crippen LogP contribution is 2.39. The lowest BCUT2D eigenvalue weighted by molar-refractivity contribution is -0.383. The topological polar surface area (TPSA) is 111 Å². The minimum Gasteiger partial charge on any atom is -0.497 e. The zero-order chi connectivity index (χ0) is 17.9. The van der Waals surface area contributed by atoms with Crippen LogP contribution >= 0.6 is 11.6 Å². The van der Waals surface area contributed by atoms with Crippen LogP contribution in [0.1, 0.15) is 10.4 Å². The van der Waals surface area contributed by atoms with Crippen LogP contribution in [0.25, 0.3) is 0 Å². The maximum absolute atomic E-state index is 11.5. The monoisotopic (exact) mass is 352 g/mol. The molecule has 9 heteroatoms. The van der Waals surface area contributed by atoms with Crippen molar-refractivity contribution in [3.8, 4) is 11.5 Å². The lowest BCUT2D eigenvalue weighted by Crippen LogP contribution is -2.07. The number of methoxy groups -OCH3 is 2. The van der Waals surface area contributed by atoms with Crippen molar-refractivity contribution in [2.24, 2.45) is 0 Å². The molecule has 2 N–H and O–H groups in total. The lowest BCUT2D eigenvalue weighted by atomic mass is 10.1. The van der Waals surface area contributed by atoms with Crippen molar-refractivity contribution in [1.29, 1.82) is 0 Å². The van der Waals surface area contributed by atoms with Crippen LogP contribution in [-0.4, -0.2) is 30.2 Å². The second-order valence-corrected chi connectivity index (χ2v) is 4.98. The number of carbonyl (C=O) groups is 1.